The van der Waals surface area contributed by atoms with Crippen LogP contribution in [0.25, 0.3) is 0 Å². The predicted octanol–water partition coefficient (Wildman–Crippen LogP) is -1.88. The maximum atomic E-state index is 5.37. The molecule has 0 unspecified atom stereocenters. The molecule has 6 heteroatoms. The molecule has 1 fully saturated rings. The van der Waals surface area contributed by atoms with E-state index in [2.05, 4.69) is 10.2 Å². The van der Waals surface area contributed by atoms with E-state index in [9.17, 15) is 0 Å². The van der Waals surface area contributed by atoms with Crippen LogP contribution in [0.2, 0.25) is 0 Å². The number of nitrogens with one attached hydrogen (secondary N) is 1. The van der Waals surface area contributed by atoms with Gasteiger partial charge in [0.2, 0.25) is 5.75 Å². The number of rotatable bonds is 5. The third-order valence-electron chi connectivity index (χ3n) is 3.34. The van der Waals surface area contributed by atoms with Crippen molar-refractivity contribution in [3.8, 4) is 17.2 Å². The molecule has 2 rings (SSSR count). The summed E-state index contributed by atoms with van der Waals surface area (Å²) in [5, 5.41) is 3.35. The van der Waals surface area contributed by atoms with Gasteiger partial charge in [0.25, 0.3) is 0 Å². The highest BCUT2D eigenvalue weighted by atomic mass is 35.5. The minimum Gasteiger partial charge on any atom is -1.00 e. The van der Waals surface area contributed by atoms with Gasteiger partial charge in [0.05, 0.1) is 21.3 Å². The van der Waals surface area contributed by atoms with Gasteiger partial charge in [-0.1, -0.05) is 0 Å². The van der Waals surface area contributed by atoms with E-state index in [0.29, 0.717) is 17.2 Å². The standard InChI is InChI=1S/C14H22N2O3.ClH/c1-17-12-8-11(9-13(18-2)14(12)19-3)10-16-6-4-15-5-7-16;/h8-9,15H,4-7,10H2,1-3H3;1H/p-1. The van der Waals surface area contributed by atoms with E-state index in [1.165, 1.54) is 5.56 Å². The first-order valence-corrected chi connectivity index (χ1v) is 6.50. The van der Waals surface area contributed by atoms with E-state index in [1.54, 1.807) is 21.3 Å². The summed E-state index contributed by atoms with van der Waals surface area (Å²) < 4.78 is 16.1. The highest BCUT2D eigenvalue weighted by molar-refractivity contribution is 5.53. The zero-order valence-corrected chi connectivity index (χ0v) is 13.0. The van der Waals surface area contributed by atoms with Crippen molar-refractivity contribution >= 4 is 0 Å². The zero-order valence-electron chi connectivity index (χ0n) is 12.2. The van der Waals surface area contributed by atoms with Gasteiger partial charge in [-0.25, -0.2) is 0 Å². The summed E-state index contributed by atoms with van der Waals surface area (Å²) in [4.78, 5) is 2.41. The second-order valence-electron chi connectivity index (χ2n) is 4.56. The molecule has 0 bridgehead atoms. The van der Waals surface area contributed by atoms with Gasteiger partial charge in [-0.3, -0.25) is 4.90 Å². The molecule has 1 aromatic rings. The van der Waals surface area contributed by atoms with Crippen molar-refractivity contribution < 1.29 is 26.6 Å². The third kappa shape index (κ3) is 3.91. The molecule has 0 amide bonds. The molecule has 1 aromatic carbocycles. The van der Waals surface area contributed by atoms with Crippen LogP contribution >= 0.6 is 0 Å². The fraction of sp³-hybridized carbons (Fsp3) is 0.571. The van der Waals surface area contributed by atoms with Crippen molar-refractivity contribution in [2.45, 2.75) is 6.54 Å². The Kier molecular flexibility index (Phi) is 6.91. The Labute approximate surface area is 126 Å². The van der Waals surface area contributed by atoms with Crippen LogP contribution in [0.4, 0.5) is 0 Å². The normalized spacial score (nSPS) is 15.3. The lowest BCUT2D eigenvalue weighted by atomic mass is 10.1. The highest BCUT2D eigenvalue weighted by Gasteiger charge is 2.16. The van der Waals surface area contributed by atoms with Crippen LogP contribution in [-0.2, 0) is 6.54 Å². The molecule has 0 atom stereocenters. The van der Waals surface area contributed by atoms with Crippen LogP contribution in [0.1, 0.15) is 5.56 Å². The Balaban J connectivity index is 0.00000200. The predicted molar refractivity (Wildman–Crippen MR) is 74.2 cm³/mol. The lowest BCUT2D eigenvalue weighted by Gasteiger charge is -2.27. The van der Waals surface area contributed by atoms with Crippen molar-refractivity contribution in [2.24, 2.45) is 0 Å². The van der Waals surface area contributed by atoms with Gasteiger partial charge in [0.15, 0.2) is 11.5 Å². The van der Waals surface area contributed by atoms with Crippen LogP contribution in [0.15, 0.2) is 12.1 Å². The molecule has 0 saturated carbocycles. The van der Waals surface area contributed by atoms with Gasteiger partial charge in [-0.2, -0.15) is 0 Å². The van der Waals surface area contributed by atoms with Crippen LogP contribution in [0.3, 0.4) is 0 Å². The van der Waals surface area contributed by atoms with Gasteiger partial charge in [0.1, 0.15) is 0 Å². The van der Waals surface area contributed by atoms with Gasteiger partial charge < -0.3 is 31.9 Å². The van der Waals surface area contributed by atoms with Crippen molar-refractivity contribution in [2.75, 3.05) is 47.5 Å². The fourth-order valence-corrected chi connectivity index (χ4v) is 2.35. The molecule has 114 valence electrons. The fourth-order valence-electron chi connectivity index (χ4n) is 2.35. The van der Waals surface area contributed by atoms with Crippen molar-refractivity contribution in [1.29, 1.82) is 0 Å². The molecule has 0 aliphatic carbocycles. The molecule has 1 aliphatic heterocycles. The number of methoxy groups -OCH3 is 3. The molecular formula is C14H22ClN2O3-. The van der Waals surface area contributed by atoms with Crippen LogP contribution in [-0.4, -0.2) is 52.4 Å². The molecule has 1 N–H and O–H groups in total. The lowest BCUT2D eigenvalue weighted by Crippen LogP contribution is -3.00. The molecule has 0 radical (unpaired) electrons. The van der Waals surface area contributed by atoms with Crippen molar-refractivity contribution in [3.63, 3.8) is 0 Å². The number of halogens is 1. The van der Waals surface area contributed by atoms with Crippen LogP contribution in [0, 0.1) is 0 Å². The zero-order chi connectivity index (χ0) is 13.7. The maximum Gasteiger partial charge on any atom is 0.203 e. The number of nitrogens with zero attached hydrogens (tertiary/aromatic N) is 1. The molecule has 5 nitrogen and oxygen atoms in total. The Morgan fingerprint density at radius 3 is 2.00 bits per heavy atom. The molecule has 1 aliphatic rings. The van der Waals surface area contributed by atoms with Crippen LogP contribution < -0.4 is 31.9 Å². The number of hydrogen-bond donors (Lipinski definition) is 1. The van der Waals surface area contributed by atoms with E-state index in [1.807, 2.05) is 12.1 Å². The van der Waals surface area contributed by atoms with E-state index in [0.717, 1.165) is 32.7 Å². The molecule has 1 saturated heterocycles. The summed E-state index contributed by atoms with van der Waals surface area (Å²) in [5.74, 6) is 2.08. The summed E-state index contributed by atoms with van der Waals surface area (Å²) in [7, 11) is 4.91. The minimum atomic E-state index is 0. The Bertz CT molecular complexity index is 398. The first-order chi connectivity index (χ1) is 9.28. The topological polar surface area (TPSA) is 43.0 Å². The van der Waals surface area contributed by atoms with Crippen LogP contribution in [0.5, 0.6) is 17.2 Å². The largest absolute Gasteiger partial charge is 1.00 e. The summed E-state index contributed by atoms with van der Waals surface area (Å²) in [6.45, 7) is 5.13. The van der Waals surface area contributed by atoms with Gasteiger partial charge in [0, 0.05) is 32.7 Å². The number of hydrogen-bond acceptors (Lipinski definition) is 5. The van der Waals surface area contributed by atoms with Gasteiger partial charge in [-0.05, 0) is 17.7 Å². The average Bonchev–Trinajstić information content (AvgIpc) is 2.47. The van der Waals surface area contributed by atoms with Crippen molar-refractivity contribution in [1.82, 2.24) is 10.2 Å². The maximum absolute atomic E-state index is 5.37. The molecule has 0 aromatic heterocycles. The summed E-state index contributed by atoms with van der Waals surface area (Å²) in [6.07, 6.45) is 0. The van der Waals surface area contributed by atoms with E-state index >= 15 is 0 Å². The minimum absolute atomic E-state index is 0. The number of ether oxygens (including phenoxy) is 3. The van der Waals surface area contributed by atoms with E-state index < -0.39 is 0 Å². The Hall–Kier alpha value is -1.17. The molecule has 1 heterocycles. The summed E-state index contributed by atoms with van der Waals surface area (Å²) in [6, 6.07) is 4.03. The smallest absolute Gasteiger partial charge is 0.203 e. The van der Waals surface area contributed by atoms with Crippen molar-refractivity contribution in [3.05, 3.63) is 17.7 Å². The molecule has 20 heavy (non-hydrogen) atoms. The third-order valence-corrected chi connectivity index (χ3v) is 3.34. The van der Waals surface area contributed by atoms with Gasteiger partial charge in [-0.15, -0.1) is 0 Å². The Morgan fingerprint density at radius 2 is 1.55 bits per heavy atom. The number of benzene rings is 1. The first kappa shape index (κ1) is 16.9. The second kappa shape index (κ2) is 8.19. The average molecular weight is 302 g/mol. The Morgan fingerprint density at radius 1 is 1.00 bits per heavy atom. The van der Waals surface area contributed by atoms with E-state index in [-0.39, 0.29) is 12.4 Å². The monoisotopic (exact) mass is 301 g/mol. The quantitative estimate of drug-likeness (QED) is 0.690. The van der Waals surface area contributed by atoms with E-state index in [4.69, 9.17) is 14.2 Å². The first-order valence-electron chi connectivity index (χ1n) is 6.50. The van der Waals surface area contributed by atoms with Gasteiger partial charge >= 0.3 is 0 Å². The summed E-state index contributed by atoms with van der Waals surface area (Å²) >= 11 is 0. The SMILES string of the molecule is COc1cc(CN2CCNCC2)cc(OC)c1OC.[Cl-]. The lowest BCUT2D eigenvalue weighted by molar-refractivity contribution is -0.00000482. The summed E-state index contributed by atoms with van der Waals surface area (Å²) in [5.41, 5.74) is 1.18. The number of piperazine rings is 1. The second-order valence-corrected chi connectivity index (χ2v) is 4.56. The molecular weight excluding hydrogens is 280 g/mol. The molecule has 0 spiro atoms. The highest BCUT2D eigenvalue weighted by Crippen LogP contribution is 2.38.